The van der Waals surface area contributed by atoms with E-state index in [0.717, 1.165) is 61.9 Å². The zero-order valence-electron chi connectivity index (χ0n) is 17.2. The minimum Gasteiger partial charge on any atom is -0.333 e. The maximum atomic E-state index is 12.6. The van der Waals surface area contributed by atoms with E-state index in [2.05, 4.69) is 29.6 Å². The standard InChI is InChI=1S/C21H30N6O2/c1-15(2)27-19-12-17(8-7-16(19)13-22-27)23-20(28)24-18-6-5-11-26(14-18)21(29)25-9-3-4-10-25/h7-8,12-13,15,18H,3-6,9-11,14H2,1-2H3,(H2,23,24,28). The number of piperidine rings is 1. The molecule has 1 aromatic heterocycles. The summed E-state index contributed by atoms with van der Waals surface area (Å²) in [4.78, 5) is 29.0. The van der Waals surface area contributed by atoms with Crippen molar-refractivity contribution in [2.24, 2.45) is 0 Å². The average molecular weight is 399 g/mol. The van der Waals surface area contributed by atoms with E-state index in [1.807, 2.05) is 38.9 Å². The van der Waals surface area contributed by atoms with Gasteiger partial charge in [-0.1, -0.05) is 0 Å². The summed E-state index contributed by atoms with van der Waals surface area (Å²) in [5, 5.41) is 11.4. The SMILES string of the molecule is CC(C)n1ncc2ccc(NC(=O)NC3CCCN(C(=O)N4CCCC4)C3)cc21. The van der Waals surface area contributed by atoms with Gasteiger partial charge in [0, 0.05) is 49.3 Å². The highest BCUT2D eigenvalue weighted by molar-refractivity contribution is 5.92. The fourth-order valence-corrected chi connectivity index (χ4v) is 4.26. The van der Waals surface area contributed by atoms with Crippen molar-refractivity contribution in [3.8, 4) is 0 Å². The molecule has 0 radical (unpaired) electrons. The van der Waals surface area contributed by atoms with Crippen LogP contribution in [0, 0.1) is 0 Å². The Morgan fingerprint density at radius 2 is 1.86 bits per heavy atom. The highest BCUT2D eigenvalue weighted by Crippen LogP contribution is 2.22. The molecule has 1 aromatic carbocycles. The Balaban J connectivity index is 1.36. The molecule has 0 saturated carbocycles. The number of likely N-dealkylation sites (tertiary alicyclic amines) is 2. The average Bonchev–Trinajstić information content (AvgIpc) is 3.37. The van der Waals surface area contributed by atoms with Crippen molar-refractivity contribution in [1.29, 1.82) is 0 Å². The van der Waals surface area contributed by atoms with Crippen LogP contribution in [0.2, 0.25) is 0 Å². The summed E-state index contributed by atoms with van der Waals surface area (Å²) in [5.74, 6) is 0. The van der Waals surface area contributed by atoms with Crippen LogP contribution in [0.1, 0.15) is 45.6 Å². The Morgan fingerprint density at radius 1 is 1.10 bits per heavy atom. The van der Waals surface area contributed by atoms with Crippen LogP contribution < -0.4 is 10.6 Å². The van der Waals surface area contributed by atoms with Gasteiger partial charge in [0.1, 0.15) is 0 Å². The fourth-order valence-electron chi connectivity index (χ4n) is 4.26. The number of urea groups is 2. The maximum Gasteiger partial charge on any atom is 0.320 e. The number of carbonyl (C=O) groups is 2. The number of fused-ring (bicyclic) bond motifs is 1. The highest BCUT2D eigenvalue weighted by atomic mass is 16.2. The van der Waals surface area contributed by atoms with Crippen molar-refractivity contribution in [3.63, 3.8) is 0 Å². The van der Waals surface area contributed by atoms with Crippen LogP contribution in [0.3, 0.4) is 0 Å². The van der Waals surface area contributed by atoms with Crippen molar-refractivity contribution < 1.29 is 9.59 Å². The normalized spacial score (nSPS) is 19.8. The Bertz CT molecular complexity index is 886. The molecule has 2 aromatic rings. The molecule has 2 saturated heterocycles. The highest BCUT2D eigenvalue weighted by Gasteiger charge is 2.29. The molecule has 0 bridgehead atoms. The zero-order valence-corrected chi connectivity index (χ0v) is 17.2. The van der Waals surface area contributed by atoms with Crippen LogP contribution in [0.4, 0.5) is 15.3 Å². The van der Waals surface area contributed by atoms with Crippen LogP contribution in [0.5, 0.6) is 0 Å². The number of carbonyl (C=O) groups excluding carboxylic acids is 2. The molecule has 0 aliphatic carbocycles. The lowest BCUT2D eigenvalue weighted by molar-refractivity contribution is 0.143. The van der Waals surface area contributed by atoms with E-state index in [1.54, 1.807) is 0 Å². The summed E-state index contributed by atoms with van der Waals surface area (Å²) in [6, 6.07) is 5.90. The van der Waals surface area contributed by atoms with Crippen LogP contribution in [-0.2, 0) is 0 Å². The van der Waals surface area contributed by atoms with Gasteiger partial charge in [-0.25, -0.2) is 9.59 Å². The molecule has 4 rings (SSSR count). The Labute approximate surface area is 171 Å². The second-order valence-corrected chi connectivity index (χ2v) is 8.32. The number of rotatable bonds is 3. The first-order chi connectivity index (χ1) is 14.0. The minimum absolute atomic E-state index is 0.0276. The molecule has 2 fully saturated rings. The van der Waals surface area contributed by atoms with Gasteiger partial charge < -0.3 is 20.4 Å². The molecule has 3 heterocycles. The third-order valence-corrected chi connectivity index (χ3v) is 5.75. The summed E-state index contributed by atoms with van der Waals surface area (Å²) in [5.41, 5.74) is 1.73. The Hall–Kier alpha value is -2.77. The fraction of sp³-hybridized carbons (Fsp3) is 0.571. The molecule has 29 heavy (non-hydrogen) atoms. The molecule has 8 nitrogen and oxygen atoms in total. The van der Waals surface area contributed by atoms with Crippen LogP contribution >= 0.6 is 0 Å². The molecule has 0 spiro atoms. The molecule has 8 heteroatoms. The van der Waals surface area contributed by atoms with E-state index in [4.69, 9.17) is 0 Å². The van der Waals surface area contributed by atoms with Crippen LogP contribution in [0.15, 0.2) is 24.4 Å². The van der Waals surface area contributed by atoms with E-state index < -0.39 is 0 Å². The number of nitrogens with one attached hydrogen (secondary N) is 2. The number of anilines is 1. The van der Waals surface area contributed by atoms with Crippen molar-refractivity contribution in [3.05, 3.63) is 24.4 Å². The van der Waals surface area contributed by atoms with Crippen LogP contribution in [-0.4, -0.2) is 63.9 Å². The minimum atomic E-state index is -0.236. The van der Waals surface area contributed by atoms with Gasteiger partial charge in [0.2, 0.25) is 0 Å². The van der Waals surface area contributed by atoms with Gasteiger partial charge >= 0.3 is 12.1 Å². The monoisotopic (exact) mass is 398 g/mol. The first-order valence-electron chi connectivity index (χ1n) is 10.6. The summed E-state index contributed by atoms with van der Waals surface area (Å²) in [6.07, 6.45) is 5.81. The summed E-state index contributed by atoms with van der Waals surface area (Å²) in [7, 11) is 0. The molecule has 156 valence electrons. The van der Waals surface area contributed by atoms with Crippen molar-refractivity contribution in [1.82, 2.24) is 24.9 Å². The van der Waals surface area contributed by atoms with Gasteiger partial charge in [0.15, 0.2) is 0 Å². The number of benzene rings is 1. The van der Waals surface area contributed by atoms with Gasteiger partial charge in [0.25, 0.3) is 0 Å². The predicted molar refractivity (Wildman–Crippen MR) is 113 cm³/mol. The second-order valence-electron chi connectivity index (χ2n) is 8.32. The smallest absolute Gasteiger partial charge is 0.320 e. The van der Waals surface area contributed by atoms with Gasteiger partial charge in [-0.2, -0.15) is 5.10 Å². The molecule has 4 amide bonds. The van der Waals surface area contributed by atoms with Crippen molar-refractivity contribution >= 4 is 28.7 Å². The van der Waals surface area contributed by atoms with Crippen LogP contribution in [0.25, 0.3) is 10.9 Å². The van der Waals surface area contributed by atoms with Gasteiger partial charge in [-0.15, -0.1) is 0 Å². The maximum absolute atomic E-state index is 12.6. The van der Waals surface area contributed by atoms with E-state index in [9.17, 15) is 9.59 Å². The number of hydrogen-bond donors (Lipinski definition) is 2. The molecule has 2 N–H and O–H groups in total. The topological polar surface area (TPSA) is 82.5 Å². The third kappa shape index (κ3) is 4.31. The van der Waals surface area contributed by atoms with E-state index in [-0.39, 0.29) is 24.1 Å². The lowest BCUT2D eigenvalue weighted by atomic mass is 10.1. The molecule has 2 aliphatic rings. The predicted octanol–water partition coefficient (Wildman–Crippen LogP) is 3.42. The van der Waals surface area contributed by atoms with E-state index >= 15 is 0 Å². The van der Waals surface area contributed by atoms with Gasteiger partial charge in [-0.3, -0.25) is 4.68 Å². The number of hydrogen-bond acceptors (Lipinski definition) is 3. The number of amides is 4. The Morgan fingerprint density at radius 3 is 2.62 bits per heavy atom. The van der Waals surface area contributed by atoms with Crippen molar-refractivity contribution in [2.75, 3.05) is 31.5 Å². The molecule has 1 atom stereocenters. The largest absolute Gasteiger partial charge is 0.333 e. The number of nitrogens with zero attached hydrogens (tertiary/aromatic N) is 4. The second kappa shape index (κ2) is 8.31. The first-order valence-corrected chi connectivity index (χ1v) is 10.6. The first kappa shape index (κ1) is 19.5. The molecule has 1 unspecified atom stereocenters. The third-order valence-electron chi connectivity index (χ3n) is 5.75. The summed E-state index contributed by atoms with van der Waals surface area (Å²) >= 11 is 0. The van der Waals surface area contributed by atoms with E-state index in [0.29, 0.717) is 6.54 Å². The number of aromatic nitrogens is 2. The lowest BCUT2D eigenvalue weighted by Crippen LogP contribution is -2.53. The zero-order chi connectivity index (χ0) is 20.4. The van der Waals surface area contributed by atoms with Gasteiger partial charge in [-0.05, 0) is 57.7 Å². The summed E-state index contributed by atoms with van der Waals surface area (Å²) < 4.78 is 1.95. The lowest BCUT2D eigenvalue weighted by Gasteiger charge is -2.35. The quantitative estimate of drug-likeness (QED) is 0.831. The molecular formula is C21H30N6O2. The summed E-state index contributed by atoms with van der Waals surface area (Å²) in [6.45, 7) is 7.20. The molecule has 2 aliphatic heterocycles. The Kier molecular flexibility index (Phi) is 5.60. The van der Waals surface area contributed by atoms with Gasteiger partial charge in [0.05, 0.1) is 11.7 Å². The van der Waals surface area contributed by atoms with Crippen molar-refractivity contribution in [2.45, 2.75) is 51.6 Å². The molecular weight excluding hydrogens is 368 g/mol. The van der Waals surface area contributed by atoms with E-state index in [1.165, 1.54) is 0 Å².